The third-order valence-electron chi connectivity index (χ3n) is 0.881. The SMILES string of the molecule is C=CCO[P+](=O)CCCN. The van der Waals surface area contributed by atoms with E-state index in [0.717, 1.165) is 6.42 Å². The van der Waals surface area contributed by atoms with Gasteiger partial charge in [0.05, 0.1) is 0 Å². The fourth-order valence-electron chi connectivity index (χ4n) is 0.421. The van der Waals surface area contributed by atoms with Crippen molar-refractivity contribution in [1.29, 1.82) is 0 Å². The second-order valence-electron chi connectivity index (χ2n) is 1.78. The normalized spacial score (nSPS) is 11.1. The van der Waals surface area contributed by atoms with Crippen molar-refractivity contribution >= 4 is 8.03 Å². The van der Waals surface area contributed by atoms with Gasteiger partial charge in [-0.1, -0.05) is 6.08 Å². The van der Waals surface area contributed by atoms with Gasteiger partial charge in [0, 0.05) is 6.42 Å². The number of hydrogen-bond acceptors (Lipinski definition) is 3. The zero-order valence-corrected chi connectivity index (χ0v) is 6.85. The van der Waals surface area contributed by atoms with Gasteiger partial charge < -0.3 is 5.73 Å². The quantitative estimate of drug-likeness (QED) is 0.472. The summed E-state index contributed by atoms with van der Waals surface area (Å²) < 4.78 is 15.6. The molecule has 4 heteroatoms. The maximum Gasteiger partial charge on any atom is 0.508 e. The van der Waals surface area contributed by atoms with Crippen molar-refractivity contribution in [1.82, 2.24) is 0 Å². The van der Waals surface area contributed by atoms with Crippen LogP contribution in [-0.4, -0.2) is 19.3 Å². The Balaban J connectivity index is 3.16. The first-order chi connectivity index (χ1) is 4.81. The van der Waals surface area contributed by atoms with E-state index in [9.17, 15) is 4.57 Å². The summed E-state index contributed by atoms with van der Waals surface area (Å²) in [5.74, 6) is 0. The topological polar surface area (TPSA) is 52.3 Å². The fourth-order valence-corrected chi connectivity index (χ4v) is 1.26. The van der Waals surface area contributed by atoms with Crippen LogP contribution >= 0.6 is 8.03 Å². The highest BCUT2D eigenvalue weighted by Crippen LogP contribution is 2.21. The van der Waals surface area contributed by atoms with Gasteiger partial charge in [0.25, 0.3) is 0 Å². The predicted octanol–water partition coefficient (Wildman–Crippen LogP) is 1.28. The minimum Gasteiger partial charge on any atom is -0.330 e. The summed E-state index contributed by atoms with van der Waals surface area (Å²) in [5, 5.41) is 0. The third kappa shape index (κ3) is 5.89. The van der Waals surface area contributed by atoms with Gasteiger partial charge in [-0.15, -0.1) is 11.1 Å². The van der Waals surface area contributed by atoms with Crippen LogP contribution in [0.2, 0.25) is 0 Å². The molecule has 0 saturated heterocycles. The van der Waals surface area contributed by atoms with Crippen molar-refractivity contribution < 1.29 is 9.09 Å². The summed E-state index contributed by atoms with van der Waals surface area (Å²) in [6.45, 7) is 4.36. The van der Waals surface area contributed by atoms with Crippen molar-refractivity contribution in [2.75, 3.05) is 19.3 Å². The fraction of sp³-hybridized carbons (Fsp3) is 0.667. The molecular weight excluding hydrogens is 149 g/mol. The highest BCUT2D eigenvalue weighted by Gasteiger charge is 2.13. The monoisotopic (exact) mass is 162 g/mol. The molecule has 0 aromatic rings. The Bertz CT molecular complexity index is 116. The number of nitrogens with two attached hydrogens (primary N) is 1. The van der Waals surface area contributed by atoms with Crippen molar-refractivity contribution in [3.63, 3.8) is 0 Å². The summed E-state index contributed by atoms with van der Waals surface area (Å²) in [6, 6.07) is 0. The standard InChI is InChI=1S/C6H13NO2P/c1-2-5-9-10(8)6-3-4-7/h2H,1,3-7H2/q+1. The summed E-state index contributed by atoms with van der Waals surface area (Å²) >= 11 is 0. The Morgan fingerprint density at radius 3 is 2.90 bits per heavy atom. The van der Waals surface area contributed by atoms with Gasteiger partial charge in [0.15, 0.2) is 6.16 Å². The molecule has 0 rings (SSSR count). The molecule has 0 saturated carbocycles. The van der Waals surface area contributed by atoms with Crippen LogP contribution in [-0.2, 0) is 9.09 Å². The van der Waals surface area contributed by atoms with Crippen molar-refractivity contribution in [2.45, 2.75) is 6.42 Å². The molecule has 0 aliphatic rings. The van der Waals surface area contributed by atoms with E-state index in [0.29, 0.717) is 19.3 Å². The molecule has 0 radical (unpaired) electrons. The molecule has 2 N–H and O–H groups in total. The minimum absolute atomic E-state index is 0.361. The molecular formula is C6H13NO2P+. The summed E-state index contributed by atoms with van der Waals surface area (Å²) in [7, 11) is -1.49. The van der Waals surface area contributed by atoms with E-state index in [1.54, 1.807) is 6.08 Å². The van der Waals surface area contributed by atoms with Crippen LogP contribution in [0.4, 0.5) is 0 Å². The second-order valence-corrected chi connectivity index (χ2v) is 3.15. The largest absolute Gasteiger partial charge is 0.508 e. The molecule has 1 atom stereocenters. The molecule has 10 heavy (non-hydrogen) atoms. The maximum atomic E-state index is 10.8. The first-order valence-corrected chi connectivity index (χ1v) is 4.56. The van der Waals surface area contributed by atoms with Crippen LogP contribution in [0.15, 0.2) is 12.7 Å². The molecule has 0 fully saturated rings. The van der Waals surface area contributed by atoms with E-state index in [-0.39, 0.29) is 0 Å². The zero-order chi connectivity index (χ0) is 7.82. The average Bonchev–Trinajstić information content (AvgIpc) is 1.97. The Kier molecular flexibility index (Phi) is 6.71. The molecule has 58 valence electrons. The maximum absolute atomic E-state index is 10.8. The lowest BCUT2D eigenvalue weighted by molar-refractivity contribution is 0.370. The third-order valence-corrected chi connectivity index (χ3v) is 2.00. The van der Waals surface area contributed by atoms with Gasteiger partial charge in [-0.05, 0) is 11.1 Å². The van der Waals surface area contributed by atoms with Gasteiger partial charge >= 0.3 is 8.03 Å². The molecule has 0 heterocycles. The Hall–Kier alpha value is -0.240. The minimum atomic E-state index is -1.49. The van der Waals surface area contributed by atoms with E-state index < -0.39 is 8.03 Å². The molecule has 0 aromatic heterocycles. The molecule has 3 nitrogen and oxygen atoms in total. The van der Waals surface area contributed by atoms with Crippen LogP contribution in [0.3, 0.4) is 0 Å². The van der Waals surface area contributed by atoms with Crippen LogP contribution in [0, 0.1) is 0 Å². The summed E-state index contributed by atoms with van der Waals surface area (Å²) in [6.07, 6.45) is 2.89. The lowest BCUT2D eigenvalue weighted by Crippen LogP contribution is -1.99. The predicted molar refractivity (Wildman–Crippen MR) is 42.3 cm³/mol. The Morgan fingerprint density at radius 2 is 2.40 bits per heavy atom. The van der Waals surface area contributed by atoms with Crippen molar-refractivity contribution in [3.05, 3.63) is 12.7 Å². The van der Waals surface area contributed by atoms with Crippen LogP contribution in [0.5, 0.6) is 0 Å². The first-order valence-electron chi connectivity index (χ1n) is 3.19. The Morgan fingerprint density at radius 1 is 1.70 bits per heavy atom. The molecule has 0 aliphatic carbocycles. The van der Waals surface area contributed by atoms with Gasteiger partial charge in [0.2, 0.25) is 0 Å². The summed E-state index contributed by atoms with van der Waals surface area (Å²) in [5.41, 5.74) is 5.20. The molecule has 0 spiro atoms. The highest BCUT2D eigenvalue weighted by molar-refractivity contribution is 7.39. The second kappa shape index (κ2) is 6.87. The van der Waals surface area contributed by atoms with Gasteiger partial charge in [-0.25, -0.2) is 0 Å². The molecule has 0 aliphatic heterocycles. The molecule has 0 aromatic carbocycles. The van der Waals surface area contributed by atoms with Crippen molar-refractivity contribution in [3.8, 4) is 0 Å². The van der Waals surface area contributed by atoms with E-state index >= 15 is 0 Å². The zero-order valence-electron chi connectivity index (χ0n) is 5.95. The number of hydrogen-bond donors (Lipinski definition) is 1. The summed E-state index contributed by atoms with van der Waals surface area (Å²) in [4.78, 5) is 0. The van der Waals surface area contributed by atoms with E-state index in [1.165, 1.54) is 0 Å². The number of rotatable bonds is 6. The average molecular weight is 162 g/mol. The van der Waals surface area contributed by atoms with Gasteiger partial charge in [-0.2, -0.15) is 0 Å². The lowest BCUT2D eigenvalue weighted by atomic mass is 10.5. The first kappa shape index (κ1) is 9.76. The lowest BCUT2D eigenvalue weighted by Gasteiger charge is -1.84. The Labute approximate surface area is 62.1 Å². The molecule has 0 bridgehead atoms. The van der Waals surface area contributed by atoms with E-state index in [2.05, 4.69) is 6.58 Å². The molecule has 0 amide bonds. The van der Waals surface area contributed by atoms with Gasteiger partial charge in [0.1, 0.15) is 6.61 Å². The van der Waals surface area contributed by atoms with E-state index in [4.69, 9.17) is 10.3 Å². The van der Waals surface area contributed by atoms with Crippen LogP contribution in [0.1, 0.15) is 6.42 Å². The van der Waals surface area contributed by atoms with Gasteiger partial charge in [-0.3, -0.25) is 0 Å². The van der Waals surface area contributed by atoms with Crippen molar-refractivity contribution in [2.24, 2.45) is 5.73 Å². The van der Waals surface area contributed by atoms with Crippen LogP contribution < -0.4 is 5.73 Å². The van der Waals surface area contributed by atoms with E-state index in [1.807, 2.05) is 0 Å². The van der Waals surface area contributed by atoms with Crippen LogP contribution in [0.25, 0.3) is 0 Å². The smallest absolute Gasteiger partial charge is 0.330 e. The molecule has 1 unspecified atom stereocenters. The highest BCUT2D eigenvalue weighted by atomic mass is 31.1.